The maximum absolute atomic E-state index is 12.7. The minimum absolute atomic E-state index is 0.133. The van der Waals surface area contributed by atoms with Crippen molar-refractivity contribution < 1.29 is 38.0 Å². The van der Waals surface area contributed by atoms with Gasteiger partial charge in [0.05, 0.1) is 6.54 Å². The minimum Gasteiger partial charge on any atom is -0.463 e. The lowest BCUT2D eigenvalue weighted by Gasteiger charge is -2.52. The molecule has 4 rings (SSSR count). The van der Waals surface area contributed by atoms with Crippen LogP contribution in [0.2, 0.25) is 0 Å². The number of hydrogen-bond acceptors (Lipinski definition) is 9. The first-order chi connectivity index (χ1) is 15.3. The molecule has 2 fully saturated rings. The minimum atomic E-state index is -1.25. The molecule has 4 aliphatic rings. The number of allylic oxidation sites excluding steroid dienone is 4. The van der Waals surface area contributed by atoms with Gasteiger partial charge in [-0.1, -0.05) is 18.2 Å². The zero-order valence-electron chi connectivity index (χ0n) is 18.7. The maximum atomic E-state index is 12.7. The molecular weight excluding hydrogens is 420 g/mol. The lowest BCUT2D eigenvalue weighted by atomic mass is 10.00. The summed E-state index contributed by atoms with van der Waals surface area (Å²) in [5, 5.41) is 0. The van der Waals surface area contributed by atoms with Gasteiger partial charge in [-0.2, -0.15) is 0 Å². The molecule has 5 atom stereocenters. The quantitative estimate of drug-likeness (QED) is 0.651. The molecule has 176 valence electrons. The average Bonchev–Trinajstić information content (AvgIpc) is 3.22. The molecule has 10 nitrogen and oxygen atoms in total. The molecule has 0 bridgehead atoms. The second-order valence-corrected chi connectivity index (χ2v) is 8.14. The highest BCUT2D eigenvalue weighted by molar-refractivity contribution is 5.72. The van der Waals surface area contributed by atoms with Gasteiger partial charge in [0.25, 0.3) is 0 Å². The van der Waals surface area contributed by atoms with Gasteiger partial charge in [0.1, 0.15) is 18.5 Å². The first-order valence-corrected chi connectivity index (χ1v) is 10.6. The van der Waals surface area contributed by atoms with Crippen molar-refractivity contribution in [2.24, 2.45) is 5.73 Å². The van der Waals surface area contributed by atoms with Gasteiger partial charge >= 0.3 is 6.09 Å². The van der Waals surface area contributed by atoms with E-state index in [2.05, 4.69) is 6.08 Å². The van der Waals surface area contributed by atoms with E-state index in [1.54, 1.807) is 13.8 Å². The first kappa shape index (κ1) is 22.8. The Morgan fingerprint density at radius 2 is 1.94 bits per heavy atom. The topological polar surface area (TPSA) is 111 Å². The first-order valence-electron chi connectivity index (χ1n) is 10.6. The van der Waals surface area contributed by atoms with Crippen LogP contribution in [0.1, 0.15) is 26.7 Å². The highest BCUT2D eigenvalue weighted by Gasteiger charge is 2.59. The maximum Gasteiger partial charge on any atom is 0.417 e. The fourth-order valence-electron chi connectivity index (χ4n) is 4.09. The van der Waals surface area contributed by atoms with Crippen molar-refractivity contribution in [3.8, 4) is 0 Å². The number of hydrogen-bond donors (Lipinski definition) is 1. The Hall–Kier alpha value is -2.37. The van der Waals surface area contributed by atoms with Gasteiger partial charge in [0.15, 0.2) is 18.1 Å². The number of cyclic esters (lactones) is 1. The van der Waals surface area contributed by atoms with Crippen molar-refractivity contribution in [3.05, 3.63) is 48.0 Å². The van der Waals surface area contributed by atoms with Gasteiger partial charge < -0.3 is 38.9 Å². The summed E-state index contributed by atoms with van der Waals surface area (Å²) >= 11 is 0. The van der Waals surface area contributed by atoms with Crippen LogP contribution in [0.4, 0.5) is 4.79 Å². The van der Waals surface area contributed by atoms with E-state index in [9.17, 15) is 4.79 Å². The molecule has 32 heavy (non-hydrogen) atoms. The summed E-state index contributed by atoms with van der Waals surface area (Å²) in [6.07, 6.45) is 8.10. The van der Waals surface area contributed by atoms with Crippen LogP contribution in [0.5, 0.6) is 0 Å². The molecule has 1 aliphatic carbocycles. The number of carbonyl (C=O) groups is 1. The van der Waals surface area contributed by atoms with Crippen molar-refractivity contribution >= 4 is 6.09 Å². The van der Waals surface area contributed by atoms with E-state index in [0.717, 1.165) is 18.4 Å². The van der Waals surface area contributed by atoms with Crippen molar-refractivity contribution in [1.29, 1.82) is 0 Å². The summed E-state index contributed by atoms with van der Waals surface area (Å²) in [5.74, 6) is -1.65. The second-order valence-electron chi connectivity index (χ2n) is 8.14. The summed E-state index contributed by atoms with van der Waals surface area (Å²) in [5.41, 5.74) is 6.94. The number of ether oxygens (including phenoxy) is 7. The van der Waals surface area contributed by atoms with Crippen molar-refractivity contribution in [3.63, 3.8) is 0 Å². The standard InChI is InChI=1S/C22H30N2O8/c1-21(26-3)22(2,27-4)32-19(15(10-23)31-21)16-11-24(20(25)30-16)18-13-28-12-17(29-18)14-8-6-5-7-9-14/h5-6,8,12-13,15-16,19H,7,9-11,23H2,1-4H3/t15-,16-,19+,21+,22+/m1/s1. The summed E-state index contributed by atoms with van der Waals surface area (Å²) in [6, 6.07) is 0. The molecule has 3 aliphatic heterocycles. The van der Waals surface area contributed by atoms with E-state index in [1.165, 1.54) is 31.6 Å². The molecule has 1 amide bonds. The molecule has 2 N–H and O–H groups in total. The SMILES string of the molecule is CO[C@@]1(C)O[C@H]([C@H]2CN(C3=COC=C(C4=CC=CCC4)O3)C(=O)O2)[C@@H](CN)O[C@]1(C)OC. The van der Waals surface area contributed by atoms with Gasteiger partial charge in [-0.15, -0.1) is 0 Å². The molecule has 0 aromatic rings. The van der Waals surface area contributed by atoms with Gasteiger partial charge in [-0.05, 0) is 32.3 Å². The van der Waals surface area contributed by atoms with E-state index in [-0.39, 0.29) is 19.0 Å². The second kappa shape index (κ2) is 8.87. The fourth-order valence-corrected chi connectivity index (χ4v) is 4.09. The Balaban J connectivity index is 1.49. The lowest BCUT2D eigenvalue weighted by Crippen LogP contribution is -2.68. The molecule has 0 radical (unpaired) electrons. The lowest BCUT2D eigenvalue weighted by molar-refractivity contribution is -0.451. The van der Waals surface area contributed by atoms with Gasteiger partial charge in [-0.25, -0.2) is 9.69 Å². The number of nitrogens with two attached hydrogens (primary N) is 1. The Kier molecular flexibility index (Phi) is 6.33. The summed E-state index contributed by atoms with van der Waals surface area (Å²) < 4.78 is 40.5. The van der Waals surface area contributed by atoms with Crippen LogP contribution in [0.15, 0.2) is 48.0 Å². The summed E-state index contributed by atoms with van der Waals surface area (Å²) in [4.78, 5) is 14.1. The molecule has 0 aromatic carbocycles. The number of carbonyl (C=O) groups excluding carboxylic acids is 1. The molecule has 0 unspecified atom stereocenters. The average molecular weight is 450 g/mol. The third-order valence-corrected chi connectivity index (χ3v) is 6.30. The van der Waals surface area contributed by atoms with Crippen molar-refractivity contribution in [2.75, 3.05) is 27.3 Å². The van der Waals surface area contributed by atoms with Crippen molar-refractivity contribution in [2.45, 2.75) is 56.6 Å². The Morgan fingerprint density at radius 3 is 2.59 bits per heavy atom. The Morgan fingerprint density at radius 1 is 1.19 bits per heavy atom. The number of nitrogens with zero attached hydrogens (tertiary/aromatic N) is 1. The van der Waals surface area contributed by atoms with Gasteiger partial charge in [0.2, 0.25) is 17.5 Å². The summed E-state index contributed by atoms with van der Waals surface area (Å²) in [6.45, 7) is 3.71. The summed E-state index contributed by atoms with van der Waals surface area (Å²) in [7, 11) is 3.00. The molecule has 0 aromatic heterocycles. The third-order valence-electron chi connectivity index (χ3n) is 6.30. The highest BCUT2D eigenvalue weighted by Crippen LogP contribution is 2.41. The highest BCUT2D eigenvalue weighted by atomic mass is 16.8. The van der Waals surface area contributed by atoms with Crippen LogP contribution in [0.3, 0.4) is 0 Å². The zero-order valence-corrected chi connectivity index (χ0v) is 18.7. The molecular formula is C22H30N2O8. The van der Waals surface area contributed by atoms with E-state index >= 15 is 0 Å². The van der Waals surface area contributed by atoms with Crippen LogP contribution >= 0.6 is 0 Å². The Bertz CT molecular complexity index is 868. The Labute approximate surface area is 187 Å². The predicted octanol–water partition coefficient (Wildman–Crippen LogP) is 2.24. The zero-order chi connectivity index (χ0) is 22.9. The van der Waals surface area contributed by atoms with Gasteiger partial charge in [-0.3, -0.25) is 0 Å². The van der Waals surface area contributed by atoms with Crippen LogP contribution in [-0.2, 0) is 33.2 Å². The van der Waals surface area contributed by atoms with Crippen LogP contribution in [0, 0.1) is 0 Å². The van der Waals surface area contributed by atoms with E-state index < -0.39 is 36.0 Å². The fraction of sp³-hybridized carbons (Fsp3) is 0.591. The van der Waals surface area contributed by atoms with Crippen LogP contribution in [-0.4, -0.2) is 68.2 Å². The number of methoxy groups -OCH3 is 2. The van der Waals surface area contributed by atoms with Gasteiger partial charge in [0, 0.05) is 20.8 Å². The molecule has 0 saturated carbocycles. The van der Waals surface area contributed by atoms with E-state index in [0.29, 0.717) is 5.76 Å². The monoisotopic (exact) mass is 450 g/mol. The van der Waals surface area contributed by atoms with Crippen LogP contribution in [0.25, 0.3) is 0 Å². The normalized spacial score (nSPS) is 37.2. The predicted molar refractivity (Wildman–Crippen MR) is 111 cm³/mol. The van der Waals surface area contributed by atoms with Crippen molar-refractivity contribution in [1.82, 2.24) is 4.90 Å². The largest absolute Gasteiger partial charge is 0.463 e. The molecule has 2 saturated heterocycles. The molecule has 3 heterocycles. The van der Waals surface area contributed by atoms with E-state index in [1.807, 2.05) is 12.2 Å². The number of amides is 1. The number of rotatable bonds is 6. The smallest absolute Gasteiger partial charge is 0.417 e. The van der Waals surface area contributed by atoms with Crippen LogP contribution < -0.4 is 5.73 Å². The molecule has 10 heteroatoms. The third kappa shape index (κ3) is 3.93. The van der Waals surface area contributed by atoms with E-state index in [4.69, 9.17) is 38.9 Å². The molecule has 0 spiro atoms.